The van der Waals surface area contributed by atoms with Gasteiger partial charge >= 0.3 is 14.2 Å². The van der Waals surface area contributed by atoms with Crippen LogP contribution in [-0.2, 0) is 18.6 Å². The Bertz CT molecular complexity index is 1240. The summed E-state index contributed by atoms with van der Waals surface area (Å²) >= 11 is 6.52. The Kier molecular flexibility index (Phi) is 5.08. The minimum atomic E-state index is -0.520. The molecule has 0 aliphatic carbocycles. The molecule has 0 saturated carbocycles. The van der Waals surface area contributed by atoms with Crippen LogP contribution in [0.15, 0.2) is 42.5 Å². The number of halogens is 1. The van der Waals surface area contributed by atoms with Crippen LogP contribution < -0.4 is 10.9 Å². The Balaban J connectivity index is 1.81. The van der Waals surface area contributed by atoms with Gasteiger partial charge in [-0.15, -0.1) is 0 Å². The predicted octanol–water partition coefficient (Wildman–Crippen LogP) is 5.24. The normalized spacial score (nSPS) is 23.1. The lowest BCUT2D eigenvalue weighted by atomic mass is 9.66. The molecule has 2 saturated heterocycles. The van der Waals surface area contributed by atoms with Crippen molar-refractivity contribution in [1.82, 2.24) is 0 Å². The van der Waals surface area contributed by atoms with Crippen LogP contribution in [0.2, 0.25) is 5.02 Å². The van der Waals surface area contributed by atoms with Crippen molar-refractivity contribution in [3.63, 3.8) is 0 Å². The van der Waals surface area contributed by atoms with E-state index in [0.29, 0.717) is 5.02 Å². The molecule has 172 valence electrons. The second-order valence-electron chi connectivity index (χ2n) is 11.2. The first-order valence-electron chi connectivity index (χ1n) is 11.6. The van der Waals surface area contributed by atoms with Crippen molar-refractivity contribution in [3.8, 4) is 0 Å². The zero-order valence-corrected chi connectivity index (χ0v) is 21.5. The van der Waals surface area contributed by atoms with Crippen LogP contribution in [0, 0.1) is 0 Å². The molecular weight excluding hydrogens is 433 g/mol. The second kappa shape index (κ2) is 7.22. The summed E-state index contributed by atoms with van der Waals surface area (Å²) in [7, 11) is -1.02. The maximum absolute atomic E-state index is 6.52. The monoisotopic (exact) mass is 464 g/mol. The molecule has 2 fully saturated rings. The van der Waals surface area contributed by atoms with Gasteiger partial charge in [0.05, 0.1) is 22.4 Å². The molecule has 0 amide bonds. The van der Waals surface area contributed by atoms with Crippen LogP contribution in [0.5, 0.6) is 0 Å². The zero-order valence-electron chi connectivity index (χ0n) is 20.7. The van der Waals surface area contributed by atoms with E-state index in [-0.39, 0.29) is 0 Å². The van der Waals surface area contributed by atoms with Crippen LogP contribution in [0.25, 0.3) is 21.5 Å². The van der Waals surface area contributed by atoms with Gasteiger partial charge in [-0.05, 0) is 100.0 Å². The van der Waals surface area contributed by atoms with E-state index in [0.717, 1.165) is 32.5 Å². The Morgan fingerprint density at radius 2 is 0.909 bits per heavy atom. The largest absolute Gasteiger partial charge is 0.496 e. The maximum Gasteiger partial charge on any atom is 0.496 e. The summed E-state index contributed by atoms with van der Waals surface area (Å²) in [6.07, 6.45) is 0. The van der Waals surface area contributed by atoms with Crippen molar-refractivity contribution in [2.24, 2.45) is 0 Å². The van der Waals surface area contributed by atoms with Crippen LogP contribution in [0.4, 0.5) is 0 Å². The SMILES string of the molecule is CC1(C)OB(c2c3ccccc3c(B3OC(C)(C)C(C)(C)O3)c3cc(Cl)ccc23)OC1(C)C. The van der Waals surface area contributed by atoms with Crippen LogP contribution in [0.3, 0.4) is 0 Å². The van der Waals surface area contributed by atoms with Crippen LogP contribution >= 0.6 is 11.6 Å². The Morgan fingerprint density at radius 3 is 1.33 bits per heavy atom. The van der Waals surface area contributed by atoms with E-state index >= 15 is 0 Å². The molecule has 2 aliphatic heterocycles. The highest BCUT2D eigenvalue weighted by Crippen LogP contribution is 2.40. The third kappa shape index (κ3) is 3.45. The molecule has 0 spiro atoms. The summed E-state index contributed by atoms with van der Waals surface area (Å²) in [5, 5.41) is 4.80. The summed E-state index contributed by atoms with van der Waals surface area (Å²) in [4.78, 5) is 0. The van der Waals surface area contributed by atoms with Crippen molar-refractivity contribution in [3.05, 3.63) is 47.5 Å². The topological polar surface area (TPSA) is 36.9 Å². The molecule has 0 aromatic heterocycles. The average Bonchev–Trinajstić information content (AvgIpc) is 3.04. The molecule has 2 aliphatic rings. The molecule has 0 atom stereocenters. The van der Waals surface area contributed by atoms with E-state index < -0.39 is 36.6 Å². The van der Waals surface area contributed by atoms with E-state index in [1.807, 2.05) is 24.3 Å². The van der Waals surface area contributed by atoms with Gasteiger partial charge in [0, 0.05) is 5.02 Å². The molecule has 0 bridgehead atoms. The fourth-order valence-electron chi connectivity index (χ4n) is 4.65. The summed E-state index contributed by atoms with van der Waals surface area (Å²) in [6.45, 7) is 16.6. The summed E-state index contributed by atoms with van der Waals surface area (Å²) in [5.74, 6) is 0. The third-order valence-electron chi connectivity index (χ3n) is 8.05. The first-order chi connectivity index (χ1) is 15.2. The van der Waals surface area contributed by atoms with E-state index in [1.165, 1.54) is 0 Å². The summed E-state index contributed by atoms with van der Waals surface area (Å²) < 4.78 is 26.0. The van der Waals surface area contributed by atoms with Gasteiger partial charge in [-0.1, -0.05) is 41.9 Å². The second-order valence-corrected chi connectivity index (χ2v) is 11.7. The molecule has 4 nitrogen and oxygen atoms in total. The number of hydrogen-bond acceptors (Lipinski definition) is 4. The Morgan fingerprint density at radius 1 is 0.545 bits per heavy atom. The van der Waals surface area contributed by atoms with E-state index in [1.54, 1.807) is 0 Å². The van der Waals surface area contributed by atoms with Crippen molar-refractivity contribution in [1.29, 1.82) is 0 Å². The Labute approximate surface area is 202 Å². The first-order valence-corrected chi connectivity index (χ1v) is 12.0. The maximum atomic E-state index is 6.52. The quantitative estimate of drug-likeness (QED) is 0.384. The van der Waals surface area contributed by atoms with Gasteiger partial charge in [-0.2, -0.15) is 0 Å². The Hall–Kier alpha value is -1.56. The predicted molar refractivity (Wildman–Crippen MR) is 138 cm³/mol. The van der Waals surface area contributed by atoms with Gasteiger partial charge in [0.2, 0.25) is 0 Å². The van der Waals surface area contributed by atoms with Gasteiger partial charge in [0.1, 0.15) is 0 Å². The van der Waals surface area contributed by atoms with E-state index in [4.69, 9.17) is 30.2 Å². The summed E-state index contributed by atoms with van der Waals surface area (Å²) in [5.41, 5.74) is 0.213. The van der Waals surface area contributed by atoms with Gasteiger partial charge in [-0.3, -0.25) is 0 Å². The molecule has 0 N–H and O–H groups in total. The first kappa shape index (κ1) is 23.2. The molecule has 2 heterocycles. The number of hydrogen-bond donors (Lipinski definition) is 0. The molecule has 7 heteroatoms. The standard InChI is InChI=1S/C26H31B2ClO4/c1-23(2)24(3,4)31-27(30-23)21-17-11-9-10-12-18(17)22(20-15-16(29)13-14-19(20)21)28-32-25(5,6)26(7,8)33-28/h9-15H,1-8H3. The highest BCUT2D eigenvalue weighted by molar-refractivity contribution is 6.74. The van der Waals surface area contributed by atoms with Crippen molar-refractivity contribution >= 4 is 58.3 Å². The van der Waals surface area contributed by atoms with Gasteiger partial charge in [0.25, 0.3) is 0 Å². The van der Waals surface area contributed by atoms with Gasteiger partial charge in [0.15, 0.2) is 0 Å². The molecule has 0 radical (unpaired) electrons. The van der Waals surface area contributed by atoms with Crippen LogP contribution in [-0.4, -0.2) is 36.6 Å². The summed E-state index contributed by atoms with van der Waals surface area (Å²) in [6, 6.07) is 14.3. The number of benzene rings is 3. The molecule has 0 unspecified atom stereocenters. The van der Waals surface area contributed by atoms with E-state index in [2.05, 4.69) is 73.6 Å². The van der Waals surface area contributed by atoms with Crippen molar-refractivity contribution in [2.75, 3.05) is 0 Å². The minimum Gasteiger partial charge on any atom is -0.399 e. The number of rotatable bonds is 2. The average molecular weight is 465 g/mol. The fourth-order valence-corrected chi connectivity index (χ4v) is 4.82. The zero-order chi connectivity index (χ0) is 24.0. The fraction of sp³-hybridized carbons (Fsp3) is 0.462. The molecule has 33 heavy (non-hydrogen) atoms. The van der Waals surface area contributed by atoms with Crippen molar-refractivity contribution in [2.45, 2.75) is 77.8 Å². The number of fused-ring (bicyclic) bond motifs is 2. The third-order valence-corrected chi connectivity index (χ3v) is 8.28. The van der Waals surface area contributed by atoms with Gasteiger partial charge < -0.3 is 18.6 Å². The smallest absolute Gasteiger partial charge is 0.399 e. The molecule has 3 aromatic rings. The molecule has 5 rings (SSSR count). The molecule has 3 aromatic carbocycles. The van der Waals surface area contributed by atoms with Gasteiger partial charge in [-0.25, -0.2) is 0 Å². The molecular formula is C26H31B2ClO4. The highest BCUT2D eigenvalue weighted by atomic mass is 35.5. The highest BCUT2D eigenvalue weighted by Gasteiger charge is 2.54. The lowest BCUT2D eigenvalue weighted by molar-refractivity contribution is 0.00578. The lowest BCUT2D eigenvalue weighted by Gasteiger charge is -2.32. The lowest BCUT2D eigenvalue weighted by Crippen LogP contribution is -2.41. The van der Waals surface area contributed by atoms with Crippen LogP contribution in [0.1, 0.15) is 55.4 Å². The van der Waals surface area contributed by atoms with Crippen molar-refractivity contribution < 1.29 is 18.6 Å². The van der Waals surface area contributed by atoms with E-state index in [9.17, 15) is 0 Å². The minimum absolute atomic E-state index is 0.443.